The van der Waals surface area contributed by atoms with Gasteiger partial charge in [0.25, 0.3) is 0 Å². The Kier molecular flexibility index (Phi) is 5.61. The maximum Gasteiger partial charge on any atom is 0.128 e. The quantitative estimate of drug-likeness (QED) is 0.832. The summed E-state index contributed by atoms with van der Waals surface area (Å²) in [6.45, 7) is 9.10. The number of ether oxygens (including phenoxy) is 1. The molecule has 1 unspecified atom stereocenters. The van der Waals surface area contributed by atoms with Gasteiger partial charge in [0.1, 0.15) is 5.82 Å². The number of aryl methyl sites for hydroxylation is 1. The van der Waals surface area contributed by atoms with Gasteiger partial charge in [0.05, 0.1) is 11.6 Å². The summed E-state index contributed by atoms with van der Waals surface area (Å²) in [6.07, 6.45) is 10.1. The number of likely N-dealkylation sites (N-methyl/N-ethyl adjacent to an activating group) is 1. The monoisotopic (exact) mass is 279 g/mol. The number of hydrogen-bond acceptors (Lipinski definition) is 3. The number of aromatic nitrogens is 2. The van der Waals surface area contributed by atoms with E-state index in [1.54, 1.807) is 0 Å². The van der Waals surface area contributed by atoms with Crippen molar-refractivity contribution in [1.82, 2.24) is 14.9 Å². The zero-order valence-electron chi connectivity index (χ0n) is 13.2. The first-order valence-electron chi connectivity index (χ1n) is 8.15. The molecule has 0 spiro atoms. The van der Waals surface area contributed by atoms with Crippen molar-refractivity contribution in [2.75, 3.05) is 13.2 Å². The molecule has 1 aliphatic carbocycles. The normalized spacial score (nSPS) is 19.9. The van der Waals surface area contributed by atoms with Crippen molar-refractivity contribution in [3.63, 3.8) is 0 Å². The first-order chi connectivity index (χ1) is 9.77. The first-order valence-corrected chi connectivity index (χ1v) is 8.15. The largest absolute Gasteiger partial charge is 0.373 e. The lowest BCUT2D eigenvalue weighted by atomic mass is 9.78. The molecule has 114 valence electrons. The third-order valence-electron chi connectivity index (χ3n) is 4.41. The number of rotatable bonds is 7. The summed E-state index contributed by atoms with van der Waals surface area (Å²) in [7, 11) is 0. The summed E-state index contributed by atoms with van der Waals surface area (Å²) < 4.78 is 8.53. The van der Waals surface area contributed by atoms with Gasteiger partial charge in [0, 0.05) is 25.5 Å². The molecule has 0 saturated heterocycles. The summed E-state index contributed by atoms with van der Waals surface area (Å²) in [5, 5.41) is 3.65. The lowest BCUT2D eigenvalue weighted by Gasteiger charge is -2.43. The third kappa shape index (κ3) is 3.07. The first kappa shape index (κ1) is 15.5. The van der Waals surface area contributed by atoms with Crippen LogP contribution in [0.3, 0.4) is 0 Å². The van der Waals surface area contributed by atoms with Gasteiger partial charge in [-0.1, -0.05) is 26.2 Å². The van der Waals surface area contributed by atoms with Gasteiger partial charge < -0.3 is 14.6 Å². The lowest BCUT2D eigenvalue weighted by Crippen LogP contribution is -2.48. The van der Waals surface area contributed by atoms with E-state index in [4.69, 9.17) is 4.74 Å². The highest BCUT2D eigenvalue weighted by atomic mass is 16.5. The summed E-state index contributed by atoms with van der Waals surface area (Å²) >= 11 is 0. The Bertz CT molecular complexity index is 391. The van der Waals surface area contributed by atoms with Gasteiger partial charge in [-0.05, 0) is 33.2 Å². The predicted molar refractivity (Wildman–Crippen MR) is 81.8 cm³/mol. The molecule has 4 heteroatoms. The third-order valence-corrected chi connectivity index (χ3v) is 4.41. The van der Waals surface area contributed by atoms with Crippen LogP contribution in [0.2, 0.25) is 0 Å². The molecule has 1 aromatic heterocycles. The molecule has 1 saturated carbocycles. The molecule has 1 aromatic rings. The Hall–Kier alpha value is -0.870. The van der Waals surface area contributed by atoms with E-state index >= 15 is 0 Å². The minimum atomic E-state index is -0.0821. The van der Waals surface area contributed by atoms with E-state index in [9.17, 15) is 0 Å². The molecule has 0 aliphatic heterocycles. The Balaban J connectivity index is 2.33. The van der Waals surface area contributed by atoms with Gasteiger partial charge in [-0.15, -0.1) is 0 Å². The van der Waals surface area contributed by atoms with Crippen molar-refractivity contribution in [3.8, 4) is 0 Å². The van der Waals surface area contributed by atoms with E-state index in [1.807, 2.05) is 6.20 Å². The van der Waals surface area contributed by atoms with Crippen molar-refractivity contribution >= 4 is 0 Å². The molecule has 1 N–H and O–H groups in total. The summed E-state index contributed by atoms with van der Waals surface area (Å²) in [4.78, 5) is 4.63. The topological polar surface area (TPSA) is 39.1 Å². The lowest BCUT2D eigenvalue weighted by molar-refractivity contribution is -0.0933. The molecule has 2 rings (SSSR count). The van der Waals surface area contributed by atoms with Crippen LogP contribution in [0, 0.1) is 0 Å². The summed E-state index contributed by atoms with van der Waals surface area (Å²) in [5.41, 5.74) is -0.0821. The van der Waals surface area contributed by atoms with E-state index < -0.39 is 0 Å². The maximum atomic E-state index is 6.29. The highest BCUT2D eigenvalue weighted by Crippen LogP contribution is 2.41. The number of nitrogens with one attached hydrogen (secondary N) is 1. The number of hydrogen-bond donors (Lipinski definition) is 1. The van der Waals surface area contributed by atoms with Crippen LogP contribution in [-0.4, -0.2) is 28.3 Å². The molecular formula is C16H29N3O. The second-order valence-corrected chi connectivity index (χ2v) is 5.62. The van der Waals surface area contributed by atoms with Crippen LogP contribution in [0.1, 0.15) is 64.7 Å². The van der Waals surface area contributed by atoms with Crippen LogP contribution in [0.5, 0.6) is 0 Å². The zero-order valence-corrected chi connectivity index (χ0v) is 13.2. The minimum Gasteiger partial charge on any atom is -0.373 e. The van der Waals surface area contributed by atoms with Crippen LogP contribution in [0.15, 0.2) is 12.4 Å². The van der Waals surface area contributed by atoms with Gasteiger partial charge >= 0.3 is 0 Å². The number of nitrogens with zero attached hydrogens (tertiary/aromatic N) is 2. The molecule has 20 heavy (non-hydrogen) atoms. The molecule has 0 radical (unpaired) electrons. The molecule has 4 nitrogen and oxygen atoms in total. The second kappa shape index (κ2) is 7.23. The summed E-state index contributed by atoms with van der Waals surface area (Å²) in [6, 6.07) is 0.197. The van der Waals surface area contributed by atoms with Crippen molar-refractivity contribution in [3.05, 3.63) is 18.2 Å². The van der Waals surface area contributed by atoms with Gasteiger partial charge in [-0.2, -0.15) is 0 Å². The Morgan fingerprint density at radius 2 is 2.05 bits per heavy atom. The van der Waals surface area contributed by atoms with E-state index in [1.165, 1.54) is 19.3 Å². The SMILES string of the molecule is CCNC(c1nccn1CC)C1(OCC)CCCCC1. The van der Waals surface area contributed by atoms with Crippen molar-refractivity contribution in [1.29, 1.82) is 0 Å². The molecule has 0 aromatic carbocycles. The highest BCUT2D eigenvalue weighted by Gasteiger charge is 2.43. The van der Waals surface area contributed by atoms with E-state index in [0.29, 0.717) is 0 Å². The fraction of sp³-hybridized carbons (Fsp3) is 0.812. The average molecular weight is 279 g/mol. The molecule has 0 bridgehead atoms. The van der Waals surface area contributed by atoms with Crippen LogP contribution in [0.4, 0.5) is 0 Å². The molecule has 1 fully saturated rings. The van der Waals surface area contributed by atoms with Crippen LogP contribution in [-0.2, 0) is 11.3 Å². The Morgan fingerprint density at radius 1 is 1.30 bits per heavy atom. The smallest absolute Gasteiger partial charge is 0.128 e. The predicted octanol–water partition coefficient (Wildman–Crippen LogP) is 3.29. The average Bonchev–Trinajstić information content (AvgIpc) is 2.94. The van der Waals surface area contributed by atoms with E-state index in [0.717, 1.165) is 38.4 Å². The summed E-state index contributed by atoms with van der Waals surface area (Å²) in [5.74, 6) is 1.13. The zero-order chi connectivity index (χ0) is 14.4. The van der Waals surface area contributed by atoms with E-state index in [2.05, 4.69) is 41.8 Å². The van der Waals surface area contributed by atoms with Crippen LogP contribution >= 0.6 is 0 Å². The van der Waals surface area contributed by atoms with Gasteiger partial charge in [-0.25, -0.2) is 4.98 Å². The molecule has 0 amide bonds. The Morgan fingerprint density at radius 3 is 2.65 bits per heavy atom. The van der Waals surface area contributed by atoms with Crippen molar-refractivity contribution in [2.45, 2.75) is 71.1 Å². The highest BCUT2D eigenvalue weighted by molar-refractivity contribution is 5.09. The van der Waals surface area contributed by atoms with Crippen molar-refractivity contribution in [2.24, 2.45) is 0 Å². The van der Waals surface area contributed by atoms with Gasteiger partial charge in [0.2, 0.25) is 0 Å². The molecule has 1 atom stereocenters. The second-order valence-electron chi connectivity index (χ2n) is 5.62. The molecular weight excluding hydrogens is 250 g/mol. The van der Waals surface area contributed by atoms with Crippen LogP contribution < -0.4 is 5.32 Å². The Labute approximate surface area is 122 Å². The fourth-order valence-electron chi connectivity index (χ4n) is 3.52. The van der Waals surface area contributed by atoms with Crippen molar-refractivity contribution < 1.29 is 4.74 Å². The fourth-order valence-corrected chi connectivity index (χ4v) is 3.52. The maximum absolute atomic E-state index is 6.29. The molecule has 1 heterocycles. The number of imidazole rings is 1. The molecule has 1 aliphatic rings. The minimum absolute atomic E-state index is 0.0821. The van der Waals surface area contributed by atoms with E-state index in [-0.39, 0.29) is 11.6 Å². The van der Waals surface area contributed by atoms with Gasteiger partial charge in [0.15, 0.2) is 0 Å². The van der Waals surface area contributed by atoms with Crippen LogP contribution in [0.25, 0.3) is 0 Å². The standard InChI is InChI=1S/C16H29N3O/c1-4-17-14(15-18-12-13-19(15)5-2)16(20-6-3)10-8-7-9-11-16/h12-14,17H,4-11H2,1-3H3. The van der Waals surface area contributed by atoms with Gasteiger partial charge in [-0.3, -0.25) is 0 Å².